The van der Waals surface area contributed by atoms with E-state index in [1.807, 2.05) is 0 Å². The first-order valence-corrected chi connectivity index (χ1v) is 6.72. The van der Waals surface area contributed by atoms with Crippen molar-refractivity contribution in [2.45, 2.75) is 45.2 Å². The normalized spacial score (nSPS) is 24.7. The lowest BCUT2D eigenvalue weighted by atomic mass is 10.1. The molecule has 2 fully saturated rings. The first-order valence-electron chi connectivity index (χ1n) is 6.72. The Labute approximate surface area is 108 Å². The number of fused-ring (bicyclic) bond motifs is 1. The third-order valence-electron chi connectivity index (χ3n) is 3.53. The predicted molar refractivity (Wildman–Crippen MR) is 69.1 cm³/mol. The van der Waals surface area contributed by atoms with E-state index in [1.165, 1.54) is 0 Å². The van der Waals surface area contributed by atoms with Gasteiger partial charge in [-0.25, -0.2) is 0 Å². The minimum Gasteiger partial charge on any atom is -0.330 e. The molecular weight excluding hydrogens is 230 g/mol. The summed E-state index contributed by atoms with van der Waals surface area (Å²) in [4.78, 5) is 27.6. The molecule has 5 heteroatoms. The van der Waals surface area contributed by atoms with Crippen LogP contribution < -0.4 is 5.32 Å². The van der Waals surface area contributed by atoms with Crippen LogP contribution in [-0.2, 0) is 9.59 Å². The zero-order valence-corrected chi connectivity index (χ0v) is 11.5. The fourth-order valence-electron chi connectivity index (χ4n) is 2.62. The Morgan fingerprint density at radius 3 is 2.72 bits per heavy atom. The molecule has 1 atom stereocenters. The second-order valence-electron chi connectivity index (χ2n) is 6.18. The molecule has 2 saturated heterocycles. The molecule has 2 heterocycles. The van der Waals surface area contributed by atoms with E-state index < -0.39 is 0 Å². The van der Waals surface area contributed by atoms with Crippen LogP contribution in [0.2, 0.25) is 0 Å². The summed E-state index contributed by atoms with van der Waals surface area (Å²) in [5.74, 6) is 0.232. The Hall–Kier alpha value is -1.10. The summed E-state index contributed by atoms with van der Waals surface area (Å²) in [5.41, 5.74) is 0.0439. The second-order valence-corrected chi connectivity index (χ2v) is 6.18. The molecule has 5 nitrogen and oxygen atoms in total. The number of nitrogens with zero attached hydrogens (tertiary/aromatic N) is 2. The highest BCUT2D eigenvalue weighted by molar-refractivity contribution is 5.95. The van der Waals surface area contributed by atoms with E-state index in [2.05, 4.69) is 26.1 Å². The maximum absolute atomic E-state index is 12.2. The average molecular weight is 253 g/mol. The van der Waals surface area contributed by atoms with Crippen LogP contribution in [0.15, 0.2) is 0 Å². The number of hydrogen-bond acceptors (Lipinski definition) is 3. The van der Waals surface area contributed by atoms with Crippen molar-refractivity contribution in [3.05, 3.63) is 0 Å². The number of rotatable bonds is 3. The summed E-state index contributed by atoms with van der Waals surface area (Å²) in [6.07, 6.45) is 1.78. The fourth-order valence-corrected chi connectivity index (χ4v) is 2.62. The monoisotopic (exact) mass is 253 g/mol. The Kier molecular flexibility index (Phi) is 3.61. The highest BCUT2D eigenvalue weighted by Crippen LogP contribution is 2.23. The Morgan fingerprint density at radius 2 is 2.06 bits per heavy atom. The van der Waals surface area contributed by atoms with Gasteiger partial charge in [-0.3, -0.25) is 9.59 Å². The number of nitrogens with one attached hydrogen (secondary N) is 1. The lowest BCUT2D eigenvalue weighted by Crippen LogP contribution is -2.58. The van der Waals surface area contributed by atoms with E-state index in [-0.39, 0.29) is 29.9 Å². The lowest BCUT2D eigenvalue weighted by molar-refractivity contribution is -0.153. The van der Waals surface area contributed by atoms with Crippen LogP contribution in [0.1, 0.15) is 33.6 Å². The molecule has 0 saturated carbocycles. The lowest BCUT2D eigenvalue weighted by Gasteiger charge is -2.36. The van der Waals surface area contributed by atoms with Crippen molar-refractivity contribution < 1.29 is 9.59 Å². The van der Waals surface area contributed by atoms with Crippen LogP contribution in [0.25, 0.3) is 0 Å². The summed E-state index contributed by atoms with van der Waals surface area (Å²) < 4.78 is 0. The molecule has 1 unspecified atom stereocenters. The number of carbonyl (C=O) groups is 2. The Morgan fingerprint density at radius 1 is 1.33 bits per heavy atom. The maximum atomic E-state index is 12.2. The molecule has 102 valence electrons. The maximum Gasteiger partial charge on any atom is 0.245 e. The molecule has 0 spiro atoms. The Bertz CT molecular complexity index is 349. The van der Waals surface area contributed by atoms with Crippen molar-refractivity contribution >= 4 is 11.8 Å². The molecule has 0 bridgehead atoms. The minimum absolute atomic E-state index is 0.0439. The molecule has 18 heavy (non-hydrogen) atoms. The molecule has 0 aromatic carbocycles. The first kappa shape index (κ1) is 13.3. The van der Waals surface area contributed by atoms with Crippen LogP contribution in [0.5, 0.6) is 0 Å². The summed E-state index contributed by atoms with van der Waals surface area (Å²) in [6.45, 7) is 8.63. The van der Waals surface area contributed by atoms with Gasteiger partial charge < -0.3 is 15.1 Å². The van der Waals surface area contributed by atoms with Gasteiger partial charge in [-0.15, -0.1) is 0 Å². The molecule has 2 aliphatic rings. The van der Waals surface area contributed by atoms with Gasteiger partial charge in [-0.05, 0) is 33.6 Å². The van der Waals surface area contributed by atoms with Gasteiger partial charge in [0.1, 0.15) is 6.04 Å². The van der Waals surface area contributed by atoms with Crippen molar-refractivity contribution in [1.29, 1.82) is 0 Å². The van der Waals surface area contributed by atoms with E-state index in [1.54, 1.807) is 9.80 Å². The van der Waals surface area contributed by atoms with Crippen molar-refractivity contribution in [3.63, 3.8) is 0 Å². The van der Waals surface area contributed by atoms with Crippen LogP contribution in [-0.4, -0.2) is 59.4 Å². The number of carbonyl (C=O) groups excluding carboxylic acids is 2. The van der Waals surface area contributed by atoms with Crippen molar-refractivity contribution in [2.75, 3.05) is 26.2 Å². The van der Waals surface area contributed by atoms with Gasteiger partial charge in [0.2, 0.25) is 11.8 Å². The quantitative estimate of drug-likeness (QED) is 0.782. The van der Waals surface area contributed by atoms with Crippen LogP contribution >= 0.6 is 0 Å². The van der Waals surface area contributed by atoms with E-state index in [9.17, 15) is 9.59 Å². The van der Waals surface area contributed by atoms with Gasteiger partial charge in [-0.1, -0.05) is 0 Å². The molecule has 1 N–H and O–H groups in total. The summed E-state index contributed by atoms with van der Waals surface area (Å²) in [7, 11) is 0. The van der Waals surface area contributed by atoms with Gasteiger partial charge in [0.05, 0.1) is 6.54 Å². The fraction of sp³-hybridized carbons (Fsp3) is 0.846. The minimum atomic E-state index is -0.180. The third kappa shape index (κ3) is 2.83. The van der Waals surface area contributed by atoms with Crippen molar-refractivity contribution in [2.24, 2.45) is 0 Å². The molecule has 0 aromatic heterocycles. The largest absolute Gasteiger partial charge is 0.330 e. The van der Waals surface area contributed by atoms with Crippen LogP contribution in [0.3, 0.4) is 0 Å². The van der Waals surface area contributed by atoms with Gasteiger partial charge >= 0.3 is 0 Å². The standard InChI is InChI=1S/C13H23N3O2/c1-13(2,3)14-6-8-15-9-11(17)16-7-4-5-10(16)12(15)18/h10,14H,4-9H2,1-3H3. The molecule has 2 rings (SSSR count). The summed E-state index contributed by atoms with van der Waals surface area (Å²) in [5, 5.41) is 3.35. The Balaban J connectivity index is 1.89. The highest BCUT2D eigenvalue weighted by Gasteiger charge is 2.41. The van der Waals surface area contributed by atoms with Crippen LogP contribution in [0, 0.1) is 0 Å². The van der Waals surface area contributed by atoms with Crippen molar-refractivity contribution in [3.8, 4) is 0 Å². The molecule has 0 radical (unpaired) electrons. The highest BCUT2D eigenvalue weighted by atomic mass is 16.2. The second kappa shape index (κ2) is 4.88. The SMILES string of the molecule is CC(C)(C)NCCN1CC(=O)N2CCCC2C1=O. The molecule has 2 amide bonds. The number of amides is 2. The topological polar surface area (TPSA) is 52.7 Å². The van der Waals surface area contributed by atoms with E-state index in [0.717, 1.165) is 25.9 Å². The summed E-state index contributed by atoms with van der Waals surface area (Å²) >= 11 is 0. The smallest absolute Gasteiger partial charge is 0.245 e. The van der Waals surface area contributed by atoms with E-state index >= 15 is 0 Å². The molecule has 0 aromatic rings. The zero-order chi connectivity index (χ0) is 13.3. The number of piperazine rings is 1. The number of hydrogen-bond donors (Lipinski definition) is 1. The van der Waals surface area contributed by atoms with Crippen molar-refractivity contribution in [1.82, 2.24) is 15.1 Å². The van der Waals surface area contributed by atoms with E-state index in [0.29, 0.717) is 6.54 Å². The first-order chi connectivity index (χ1) is 8.38. The van der Waals surface area contributed by atoms with Gasteiger partial charge in [0.25, 0.3) is 0 Å². The third-order valence-corrected chi connectivity index (χ3v) is 3.53. The average Bonchev–Trinajstić information content (AvgIpc) is 2.72. The van der Waals surface area contributed by atoms with Gasteiger partial charge in [0, 0.05) is 25.2 Å². The summed E-state index contributed by atoms with van der Waals surface area (Å²) in [6, 6.07) is -0.180. The molecular formula is C13H23N3O2. The predicted octanol–water partition coefficient (Wildman–Crippen LogP) is 0.208. The van der Waals surface area contributed by atoms with Gasteiger partial charge in [-0.2, -0.15) is 0 Å². The van der Waals surface area contributed by atoms with Crippen LogP contribution in [0.4, 0.5) is 0 Å². The molecule has 2 aliphatic heterocycles. The van der Waals surface area contributed by atoms with E-state index in [4.69, 9.17) is 0 Å². The molecule has 0 aliphatic carbocycles. The zero-order valence-electron chi connectivity index (χ0n) is 11.5. The van der Waals surface area contributed by atoms with Gasteiger partial charge in [0.15, 0.2) is 0 Å².